The Morgan fingerprint density at radius 3 is 2.24 bits per heavy atom. The lowest BCUT2D eigenvalue weighted by Gasteiger charge is -2.13. The van der Waals surface area contributed by atoms with Crippen LogP contribution in [-0.2, 0) is 10.2 Å². The minimum Gasteiger partial charge on any atom is -0.340 e. The number of nitrogens with one attached hydrogen (secondary N) is 2. The number of nitrogens with zero attached hydrogens (tertiary/aromatic N) is 3. The first kappa shape index (κ1) is 15.2. The summed E-state index contributed by atoms with van der Waals surface area (Å²) in [7, 11) is -0.550. The third kappa shape index (κ3) is 4.14. The zero-order chi connectivity index (χ0) is 15.5. The van der Waals surface area contributed by atoms with Gasteiger partial charge in [-0.25, -0.2) is 9.97 Å². The lowest BCUT2D eigenvalue weighted by atomic mass is 10.3. The van der Waals surface area contributed by atoms with Crippen LogP contribution in [0.15, 0.2) is 36.7 Å². The Balaban J connectivity index is 2.09. The molecule has 0 aliphatic carbocycles. The van der Waals surface area contributed by atoms with Gasteiger partial charge in [-0.2, -0.15) is 12.7 Å². The van der Waals surface area contributed by atoms with Gasteiger partial charge in [0.15, 0.2) is 0 Å². The van der Waals surface area contributed by atoms with Crippen molar-refractivity contribution in [3.8, 4) is 0 Å². The fourth-order valence-corrected chi connectivity index (χ4v) is 2.15. The van der Waals surface area contributed by atoms with Gasteiger partial charge in [0.05, 0.1) is 0 Å². The molecular weight excluding hydrogens is 290 g/mol. The van der Waals surface area contributed by atoms with E-state index in [2.05, 4.69) is 20.0 Å². The normalized spacial score (nSPS) is 11.4. The first-order chi connectivity index (χ1) is 9.87. The summed E-state index contributed by atoms with van der Waals surface area (Å²) in [6.45, 7) is 1.88. The van der Waals surface area contributed by atoms with E-state index >= 15 is 0 Å². The molecule has 0 fully saturated rings. The number of hydrogen-bond acceptors (Lipinski definition) is 5. The molecule has 112 valence electrons. The van der Waals surface area contributed by atoms with E-state index in [-0.39, 0.29) is 0 Å². The highest BCUT2D eigenvalue weighted by Gasteiger charge is 2.12. The van der Waals surface area contributed by atoms with Crippen molar-refractivity contribution in [3.63, 3.8) is 0 Å². The van der Waals surface area contributed by atoms with Gasteiger partial charge in [0.2, 0.25) is 0 Å². The maximum absolute atomic E-state index is 11.7. The number of aromatic nitrogens is 2. The van der Waals surface area contributed by atoms with E-state index in [1.807, 2.05) is 13.0 Å². The first-order valence-electron chi connectivity index (χ1n) is 6.23. The second-order valence-corrected chi connectivity index (χ2v) is 6.52. The molecule has 0 saturated heterocycles. The fraction of sp³-hybridized carbons (Fsp3) is 0.231. The Bertz CT molecular complexity index is 714. The summed E-state index contributed by atoms with van der Waals surface area (Å²) in [5, 5.41) is 3.12. The molecule has 21 heavy (non-hydrogen) atoms. The zero-order valence-electron chi connectivity index (χ0n) is 12.0. The third-order valence-corrected chi connectivity index (χ3v) is 4.14. The molecule has 1 aromatic heterocycles. The molecule has 8 heteroatoms. The Labute approximate surface area is 124 Å². The molecule has 2 aromatic rings. The molecular formula is C13H17N5O2S. The Morgan fingerprint density at radius 2 is 1.67 bits per heavy atom. The summed E-state index contributed by atoms with van der Waals surface area (Å²) in [6.07, 6.45) is 1.48. The predicted molar refractivity (Wildman–Crippen MR) is 82.7 cm³/mol. The van der Waals surface area contributed by atoms with Gasteiger partial charge in [0.1, 0.15) is 12.1 Å². The molecule has 0 saturated carbocycles. The van der Waals surface area contributed by atoms with Gasteiger partial charge < -0.3 is 5.32 Å². The zero-order valence-corrected chi connectivity index (χ0v) is 12.8. The van der Waals surface area contributed by atoms with Crippen LogP contribution in [0.1, 0.15) is 5.69 Å². The van der Waals surface area contributed by atoms with Crippen LogP contribution in [0.25, 0.3) is 0 Å². The summed E-state index contributed by atoms with van der Waals surface area (Å²) >= 11 is 0. The molecule has 2 N–H and O–H groups in total. The highest BCUT2D eigenvalue weighted by atomic mass is 32.2. The van der Waals surface area contributed by atoms with Gasteiger partial charge in [-0.15, -0.1) is 0 Å². The van der Waals surface area contributed by atoms with Crippen LogP contribution in [0.3, 0.4) is 0 Å². The van der Waals surface area contributed by atoms with Crippen molar-refractivity contribution in [2.75, 3.05) is 24.1 Å². The lowest BCUT2D eigenvalue weighted by molar-refractivity contribution is 0.527. The molecule has 0 spiro atoms. The van der Waals surface area contributed by atoms with E-state index in [0.717, 1.165) is 15.7 Å². The van der Waals surface area contributed by atoms with Crippen molar-refractivity contribution in [2.45, 2.75) is 6.92 Å². The Kier molecular flexibility index (Phi) is 4.39. The van der Waals surface area contributed by atoms with Crippen molar-refractivity contribution >= 4 is 27.4 Å². The third-order valence-electron chi connectivity index (χ3n) is 2.69. The molecule has 7 nitrogen and oxygen atoms in total. The average Bonchev–Trinajstić information content (AvgIpc) is 2.40. The van der Waals surface area contributed by atoms with Gasteiger partial charge in [0, 0.05) is 37.2 Å². The number of anilines is 3. The molecule has 2 rings (SSSR count). The van der Waals surface area contributed by atoms with E-state index in [0.29, 0.717) is 11.5 Å². The monoisotopic (exact) mass is 307 g/mol. The number of benzene rings is 1. The Morgan fingerprint density at radius 1 is 1.05 bits per heavy atom. The molecule has 0 atom stereocenters. The molecule has 1 aromatic carbocycles. The minimum atomic E-state index is -3.49. The smallest absolute Gasteiger partial charge is 0.301 e. The second kappa shape index (κ2) is 6.06. The van der Waals surface area contributed by atoms with Crippen molar-refractivity contribution in [1.29, 1.82) is 0 Å². The quantitative estimate of drug-likeness (QED) is 0.878. The van der Waals surface area contributed by atoms with Gasteiger partial charge in [-0.3, -0.25) is 4.72 Å². The average molecular weight is 307 g/mol. The lowest BCUT2D eigenvalue weighted by Crippen LogP contribution is -2.28. The number of aryl methyl sites for hydroxylation is 1. The topological polar surface area (TPSA) is 87.2 Å². The van der Waals surface area contributed by atoms with Crippen molar-refractivity contribution < 1.29 is 8.42 Å². The van der Waals surface area contributed by atoms with E-state index in [4.69, 9.17) is 0 Å². The summed E-state index contributed by atoms with van der Waals surface area (Å²) in [5.74, 6) is 0.684. The summed E-state index contributed by atoms with van der Waals surface area (Å²) in [5.41, 5.74) is 2.16. The van der Waals surface area contributed by atoms with Crippen LogP contribution in [0.4, 0.5) is 17.2 Å². The van der Waals surface area contributed by atoms with Crippen LogP contribution >= 0.6 is 0 Å². The second-order valence-electron chi connectivity index (χ2n) is 4.64. The number of hydrogen-bond donors (Lipinski definition) is 2. The molecule has 0 amide bonds. The minimum absolute atomic E-state index is 0.494. The fourth-order valence-electron chi connectivity index (χ4n) is 1.53. The van der Waals surface area contributed by atoms with Crippen LogP contribution in [0.5, 0.6) is 0 Å². The molecule has 0 aliphatic heterocycles. The molecule has 0 unspecified atom stereocenters. The van der Waals surface area contributed by atoms with Crippen molar-refractivity contribution in [2.24, 2.45) is 0 Å². The van der Waals surface area contributed by atoms with Gasteiger partial charge in [-0.1, -0.05) is 0 Å². The van der Waals surface area contributed by atoms with E-state index < -0.39 is 10.2 Å². The van der Waals surface area contributed by atoms with Gasteiger partial charge in [0.25, 0.3) is 0 Å². The Hall–Kier alpha value is -2.19. The maximum Gasteiger partial charge on any atom is 0.301 e. The summed E-state index contributed by atoms with van der Waals surface area (Å²) in [6, 6.07) is 8.72. The first-order valence-corrected chi connectivity index (χ1v) is 7.67. The van der Waals surface area contributed by atoms with Gasteiger partial charge in [-0.05, 0) is 31.2 Å². The number of rotatable bonds is 5. The van der Waals surface area contributed by atoms with Crippen molar-refractivity contribution in [3.05, 3.63) is 42.4 Å². The SMILES string of the molecule is Cc1cc(Nc2ccc(NS(=O)(=O)N(C)C)cc2)ncn1. The van der Waals surface area contributed by atoms with E-state index in [9.17, 15) is 8.42 Å². The highest BCUT2D eigenvalue weighted by molar-refractivity contribution is 7.90. The van der Waals surface area contributed by atoms with Crippen LogP contribution in [0.2, 0.25) is 0 Å². The highest BCUT2D eigenvalue weighted by Crippen LogP contribution is 2.18. The van der Waals surface area contributed by atoms with Crippen LogP contribution in [0, 0.1) is 6.92 Å². The standard InChI is InChI=1S/C13H17N5O2S/c1-10-8-13(15-9-14-10)16-11-4-6-12(7-5-11)17-21(19,20)18(2)3/h4-9,17H,1-3H3,(H,14,15,16). The summed E-state index contributed by atoms with van der Waals surface area (Å²) < 4.78 is 27.0. The molecule has 0 radical (unpaired) electrons. The largest absolute Gasteiger partial charge is 0.340 e. The summed E-state index contributed by atoms with van der Waals surface area (Å²) in [4.78, 5) is 8.12. The molecule has 0 bridgehead atoms. The van der Waals surface area contributed by atoms with Crippen LogP contribution in [-0.4, -0.2) is 36.8 Å². The predicted octanol–water partition coefficient (Wildman–Crippen LogP) is 1.75. The molecule has 1 heterocycles. The van der Waals surface area contributed by atoms with E-state index in [1.54, 1.807) is 24.3 Å². The van der Waals surface area contributed by atoms with Gasteiger partial charge >= 0.3 is 10.2 Å². The molecule has 0 aliphatic rings. The van der Waals surface area contributed by atoms with Crippen molar-refractivity contribution in [1.82, 2.24) is 14.3 Å². The van der Waals surface area contributed by atoms with Crippen LogP contribution < -0.4 is 10.0 Å². The maximum atomic E-state index is 11.7. The van der Waals surface area contributed by atoms with E-state index in [1.165, 1.54) is 20.4 Å².